The number of hydrogen-bond acceptors (Lipinski definition) is 5. The van der Waals surface area contributed by atoms with E-state index in [9.17, 15) is 9.59 Å². The normalized spacial score (nSPS) is 10.3. The van der Waals surface area contributed by atoms with Crippen LogP contribution in [0.2, 0.25) is 0 Å². The Balaban J connectivity index is -0.000000508. The molecule has 0 rings (SSSR count). The van der Waals surface area contributed by atoms with Gasteiger partial charge in [0, 0.05) is 11.1 Å². The molecule has 0 aromatic heterocycles. The molecule has 20 heavy (non-hydrogen) atoms. The first-order valence-electron chi connectivity index (χ1n) is 5.88. The van der Waals surface area contributed by atoms with Gasteiger partial charge in [0.05, 0.1) is 0 Å². The first-order valence-corrected chi connectivity index (χ1v) is 5.88. The Morgan fingerprint density at radius 1 is 1.05 bits per heavy atom. The van der Waals surface area contributed by atoms with Gasteiger partial charge in [-0.1, -0.05) is 13.2 Å². The van der Waals surface area contributed by atoms with Gasteiger partial charge in [-0.05, 0) is 41.9 Å². The molecule has 0 spiro atoms. The Bertz CT molecular complexity index is 337. The van der Waals surface area contributed by atoms with Gasteiger partial charge >= 0.3 is 11.9 Å². The van der Waals surface area contributed by atoms with E-state index < -0.39 is 18.0 Å². The van der Waals surface area contributed by atoms with E-state index in [0.717, 1.165) is 0 Å². The summed E-state index contributed by atoms with van der Waals surface area (Å²) < 4.78 is 9.70. The van der Waals surface area contributed by atoms with Crippen LogP contribution in [-0.4, -0.2) is 50.7 Å². The van der Waals surface area contributed by atoms with Gasteiger partial charge in [-0.2, -0.15) is 0 Å². The summed E-state index contributed by atoms with van der Waals surface area (Å²) in [7, 11) is 6.00. The topological polar surface area (TPSA) is 55.8 Å². The molecule has 0 aliphatic heterocycles. The minimum Gasteiger partial charge on any atom is -0.458 e. The maximum Gasteiger partial charge on any atom is 0.333 e. The monoisotopic (exact) mass is 307 g/mol. The number of halogens is 1. The average Bonchev–Trinajstić information content (AvgIpc) is 2.24. The summed E-state index contributed by atoms with van der Waals surface area (Å²) in [5.74, 6) is -0.984. The number of rotatable bonds is 5. The summed E-state index contributed by atoms with van der Waals surface area (Å²) in [5, 5.41) is 0. The highest BCUT2D eigenvalue weighted by molar-refractivity contribution is 5.87. The third-order valence-electron chi connectivity index (χ3n) is 1.45. The molecule has 0 fully saturated rings. The zero-order chi connectivity index (χ0) is 15.6. The molecule has 1 unspecified atom stereocenters. The van der Waals surface area contributed by atoms with Gasteiger partial charge in [-0.25, -0.2) is 9.59 Å². The van der Waals surface area contributed by atoms with E-state index in [4.69, 9.17) is 9.47 Å². The van der Waals surface area contributed by atoms with Crippen LogP contribution in [-0.2, 0) is 19.1 Å². The van der Waals surface area contributed by atoms with E-state index in [0.29, 0.717) is 11.1 Å². The Kier molecular flexibility index (Phi) is 15.1. The number of carbonyl (C=O) groups is 2. The minimum atomic E-state index is -0.492. The molecule has 0 aromatic carbocycles. The molecular formula is C14H26ClNO4. The van der Waals surface area contributed by atoms with Crippen LogP contribution in [0.4, 0.5) is 0 Å². The van der Waals surface area contributed by atoms with E-state index in [2.05, 4.69) is 13.2 Å². The molecule has 5 nitrogen and oxygen atoms in total. The van der Waals surface area contributed by atoms with Crippen LogP contribution < -0.4 is 0 Å². The van der Waals surface area contributed by atoms with Crippen LogP contribution in [0.25, 0.3) is 0 Å². The molecule has 0 saturated heterocycles. The molecule has 0 N–H and O–H groups in total. The fourth-order valence-corrected chi connectivity index (χ4v) is 0.634. The molecule has 6 heteroatoms. The smallest absolute Gasteiger partial charge is 0.333 e. The van der Waals surface area contributed by atoms with Gasteiger partial charge in [0.25, 0.3) is 0 Å². The second kappa shape index (κ2) is 12.7. The third-order valence-corrected chi connectivity index (χ3v) is 1.45. The van der Waals surface area contributed by atoms with E-state index in [1.54, 1.807) is 20.8 Å². The van der Waals surface area contributed by atoms with E-state index in [1.807, 2.05) is 26.0 Å². The highest BCUT2D eigenvalue weighted by atomic mass is 35.5. The molecule has 0 radical (unpaired) electrons. The largest absolute Gasteiger partial charge is 0.458 e. The zero-order valence-corrected chi connectivity index (χ0v) is 14.0. The molecule has 1 atom stereocenters. The van der Waals surface area contributed by atoms with Crippen molar-refractivity contribution in [3.8, 4) is 0 Å². The Hall–Kier alpha value is -1.33. The van der Waals surface area contributed by atoms with Crippen LogP contribution >= 0.6 is 12.4 Å². The molecule has 0 heterocycles. The molecular weight excluding hydrogens is 282 g/mol. The van der Waals surface area contributed by atoms with Crippen molar-refractivity contribution in [2.45, 2.75) is 26.9 Å². The van der Waals surface area contributed by atoms with Gasteiger partial charge in [-0.3, -0.25) is 0 Å². The van der Waals surface area contributed by atoms with E-state index in [1.165, 1.54) is 0 Å². The predicted octanol–water partition coefficient (Wildman–Crippen LogP) is 2.21. The number of esters is 2. The highest BCUT2D eigenvalue weighted by Crippen LogP contribution is 2.00. The Morgan fingerprint density at radius 2 is 1.40 bits per heavy atom. The lowest BCUT2D eigenvalue weighted by atomic mass is 10.3. The maximum absolute atomic E-state index is 11.1. The highest BCUT2D eigenvalue weighted by Gasteiger charge is 2.12. The van der Waals surface area contributed by atoms with Crippen molar-refractivity contribution in [2.75, 3.05) is 27.7 Å². The predicted molar refractivity (Wildman–Crippen MR) is 83.0 cm³/mol. The van der Waals surface area contributed by atoms with Crippen molar-refractivity contribution < 1.29 is 19.1 Å². The van der Waals surface area contributed by atoms with Crippen molar-refractivity contribution in [3.63, 3.8) is 0 Å². The quantitative estimate of drug-likeness (QED) is 0.576. The number of nitrogens with zero attached hydrogens (tertiary/aromatic N) is 1. The second-order valence-corrected chi connectivity index (χ2v) is 4.72. The zero-order valence-electron chi connectivity index (χ0n) is 13.2. The summed E-state index contributed by atoms with van der Waals surface area (Å²) >= 11 is 0. The number of ether oxygens (including phenoxy) is 2. The summed E-state index contributed by atoms with van der Waals surface area (Å²) in [6, 6.07) is 0. The Morgan fingerprint density at radius 3 is 1.70 bits per heavy atom. The van der Waals surface area contributed by atoms with Crippen LogP contribution in [0, 0.1) is 0 Å². The second-order valence-electron chi connectivity index (χ2n) is 4.72. The number of hydrogen-bond donors (Lipinski definition) is 0. The van der Waals surface area contributed by atoms with Gasteiger partial charge in [0.15, 0.2) is 0 Å². The molecule has 0 aliphatic carbocycles. The summed E-state index contributed by atoms with van der Waals surface area (Å²) in [5.41, 5.74) is 0.626. The molecule has 0 bridgehead atoms. The summed E-state index contributed by atoms with van der Waals surface area (Å²) in [4.78, 5) is 24.0. The summed E-state index contributed by atoms with van der Waals surface area (Å²) in [6.07, 6.45) is -0.488. The van der Waals surface area contributed by atoms with Crippen molar-refractivity contribution in [1.29, 1.82) is 0 Å². The van der Waals surface area contributed by atoms with E-state index in [-0.39, 0.29) is 19.0 Å². The van der Waals surface area contributed by atoms with Crippen LogP contribution in [0.3, 0.4) is 0 Å². The van der Waals surface area contributed by atoms with Gasteiger partial charge in [0.2, 0.25) is 0 Å². The first kappa shape index (κ1) is 23.7. The van der Waals surface area contributed by atoms with Gasteiger partial charge in [-0.15, -0.1) is 12.4 Å². The van der Waals surface area contributed by atoms with Crippen molar-refractivity contribution in [1.82, 2.24) is 4.90 Å². The van der Waals surface area contributed by atoms with E-state index >= 15 is 0 Å². The lowest BCUT2D eigenvalue weighted by Gasteiger charge is -2.13. The first-order chi connectivity index (χ1) is 8.57. The maximum atomic E-state index is 11.1. The number of carbonyl (C=O) groups excluding carboxylic acids is 2. The van der Waals surface area contributed by atoms with Crippen molar-refractivity contribution >= 4 is 24.3 Å². The van der Waals surface area contributed by atoms with Crippen molar-refractivity contribution in [3.05, 3.63) is 24.3 Å². The molecule has 0 aromatic rings. The SMILES string of the molecule is C=C(C)C(=O)OCC(C)OC(=O)C(=C)C.CN(C)C.Cl. The van der Waals surface area contributed by atoms with Crippen molar-refractivity contribution in [2.24, 2.45) is 0 Å². The lowest BCUT2D eigenvalue weighted by molar-refractivity contribution is -0.152. The third kappa shape index (κ3) is 16.7. The Labute approximate surface area is 128 Å². The molecule has 0 amide bonds. The molecule has 0 saturated carbocycles. The molecule has 118 valence electrons. The fourth-order valence-electron chi connectivity index (χ4n) is 0.634. The van der Waals surface area contributed by atoms with Crippen LogP contribution in [0.15, 0.2) is 24.3 Å². The molecule has 0 aliphatic rings. The standard InChI is InChI=1S/C11H16O4.C3H9N.ClH/c1-7(2)10(12)14-6-9(5)15-11(13)8(3)4;1-4(2)3;/h9H,1,3,6H2,2,4-5H3;1-3H3;1H. The average molecular weight is 308 g/mol. The lowest BCUT2D eigenvalue weighted by Crippen LogP contribution is -2.22. The van der Waals surface area contributed by atoms with Gasteiger partial charge in [0.1, 0.15) is 12.7 Å². The fraction of sp³-hybridized carbons (Fsp3) is 0.571. The van der Waals surface area contributed by atoms with Crippen LogP contribution in [0.1, 0.15) is 20.8 Å². The summed E-state index contributed by atoms with van der Waals surface area (Å²) in [6.45, 7) is 11.6. The van der Waals surface area contributed by atoms with Gasteiger partial charge < -0.3 is 14.4 Å². The van der Waals surface area contributed by atoms with Crippen LogP contribution in [0.5, 0.6) is 0 Å². The minimum absolute atomic E-state index is 0.